The summed E-state index contributed by atoms with van der Waals surface area (Å²) in [5, 5.41) is 0. The van der Waals surface area contributed by atoms with E-state index in [9.17, 15) is 0 Å². The number of nitrogens with two attached hydrogens (primary N) is 1. The van der Waals surface area contributed by atoms with Crippen LogP contribution in [0.2, 0.25) is 0 Å². The lowest BCUT2D eigenvalue weighted by atomic mass is 9.89. The molecule has 2 heterocycles. The minimum absolute atomic E-state index is 0.399. The Balaban J connectivity index is 2.12. The third kappa shape index (κ3) is 2.75. The minimum Gasteiger partial charge on any atom is -0.337 e. The van der Waals surface area contributed by atoms with Crippen molar-refractivity contribution in [3.8, 4) is 0 Å². The Hall–Kier alpha value is -1.16. The predicted molar refractivity (Wildman–Crippen MR) is 70.0 cm³/mol. The number of piperidine rings is 1. The molecule has 0 aliphatic carbocycles. The lowest BCUT2D eigenvalue weighted by molar-refractivity contribution is 0.332. The first-order valence-electron chi connectivity index (χ1n) is 6.50. The van der Waals surface area contributed by atoms with Gasteiger partial charge in [-0.15, -0.1) is 0 Å². The molecule has 1 aliphatic rings. The van der Waals surface area contributed by atoms with Gasteiger partial charge in [0.25, 0.3) is 0 Å². The molecule has 0 bridgehead atoms. The summed E-state index contributed by atoms with van der Waals surface area (Å²) in [4.78, 5) is 11.1. The van der Waals surface area contributed by atoms with Gasteiger partial charge in [0, 0.05) is 31.5 Å². The van der Waals surface area contributed by atoms with Crippen molar-refractivity contribution in [2.75, 3.05) is 18.0 Å². The molecule has 94 valence electrons. The third-order valence-electron chi connectivity index (χ3n) is 3.70. The van der Waals surface area contributed by atoms with Crippen molar-refractivity contribution in [3.05, 3.63) is 18.0 Å². The molecule has 2 atom stereocenters. The van der Waals surface area contributed by atoms with Gasteiger partial charge in [-0.2, -0.15) is 0 Å². The average Bonchev–Trinajstić information content (AvgIpc) is 2.39. The summed E-state index contributed by atoms with van der Waals surface area (Å²) in [6, 6.07) is 0.399. The Morgan fingerprint density at radius 1 is 1.41 bits per heavy atom. The number of nitrogens with zero attached hydrogens (tertiary/aromatic N) is 3. The zero-order chi connectivity index (χ0) is 12.3. The second kappa shape index (κ2) is 5.45. The van der Waals surface area contributed by atoms with Gasteiger partial charge in [-0.3, -0.25) is 0 Å². The molecule has 0 saturated carbocycles. The number of hydrogen-bond donors (Lipinski definition) is 1. The Morgan fingerprint density at radius 3 is 2.71 bits per heavy atom. The number of anilines is 1. The zero-order valence-corrected chi connectivity index (χ0v) is 10.8. The van der Waals surface area contributed by atoms with Crippen LogP contribution < -0.4 is 10.6 Å². The van der Waals surface area contributed by atoms with Crippen LogP contribution in [-0.2, 0) is 0 Å². The number of aryl methyl sites for hydroxylation is 1. The van der Waals surface area contributed by atoms with Crippen molar-refractivity contribution in [2.45, 2.75) is 39.2 Å². The first-order chi connectivity index (χ1) is 8.24. The molecule has 0 spiro atoms. The predicted octanol–water partition coefficient (Wildman–Crippen LogP) is 1.74. The van der Waals surface area contributed by atoms with Gasteiger partial charge >= 0.3 is 0 Å². The summed E-state index contributed by atoms with van der Waals surface area (Å²) < 4.78 is 0. The highest BCUT2D eigenvalue weighted by atomic mass is 15.3. The van der Waals surface area contributed by atoms with E-state index in [0.29, 0.717) is 12.6 Å². The summed E-state index contributed by atoms with van der Waals surface area (Å²) in [7, 11) is 0. The summed E-state index contributed by atoms with van der Waals surface area (Å²) in [6.07, 6.45) is 7.40. The number of rotatable bonds is 3. The van der Waals surface area contributed by atoms with Gasteiger partial charge in [-0.05, 0) is 31.2 Å². The second-order valence-electron chi connectivity index (χ2n) is 4.94. The van der Waals surface area contributed by atoms with Gasteiger partial charge in [0.1, 0.15) is 0 Å². The summed E-state index contributed by atoms with van der Waals surface area (Å²) in [6.45, 7) is 5.99. The van der Waals surface area contributed by atoms with Crippen LogP contribution in [0, 0.1) is 12.8 Å². The van der Waals surface area contributed by atoms with Gasteiger partial charge in [0.15, 0.2) is 0 Å². The fraction of sp³-hybridized carbons (Fsp3) is 0.692. The van der Waals surface area contributed by atoms with E-state index in [2.05, 4.69) is 21.8 Å². The molecule has 0 aromatic carbocycles. The molecule has 0 radical (unpaired) electrons. The Kier molecular flexibility index (Phi) is 3.94. The van der Waals surface area contributed by atoms with Crippen LogP contribution in [0.3, 0.4) is 0 Å². The van der Waals surface area contributed by atoms with Crippen LogP contribution in [0.25, 0.3) is 0 Å². The monoisotopic (exact) mass is 234 g/mol. The molecule has 1 aromatic heterocycles. The van der Waals surface area contributed by atoms with E-state index in [1.165, 1.54) is 19.3 Å². The highest BCUT2D eigenvalue weighted by Crippen LogP contribution is 2.27. The molecule has 4 nitrogen and oxygen atoms in total. The smallest absolute Gasteiger partial charge is 0.225 e. The van der Waals surface area contributed by atoms with Crippen LogP contribution in [0.5, 0.6) is 0 Å². The quantitative estimate of drug-likeness (QED) is 0.865. The van der Waals surface area contributed by atoms with Gasteiger partial charge < -0.3 is 10.6 Å². The highest BCUT2D eigenvalue weighted by Gasteiger charge is 2.28. The largest absolute Gasteiger partial charge is 0.337 e. The van der Waals surface area contributed by atoms with Gasteiger partial charge in [-0.1, -0.05) is 13.3 Å². The Labute approximate surface area is 103 Å². The molecular weight excluding hydrogens is 212 g/mol. The Bertz CT molecular complexity index is 349. The third-order valence-corrected chi connectivity index (χ3v) is 3.70. The van der Waals surface area contributed by atoms with Crippen molar-refractivity contribution in [2.24, 2.45) is 11.7 Å². The van der Waals surface area contributed by atoms with Crippen molar-refractivity contribution in [3.63, 3.8) is 0 Å². The van der Waals surface area contributed by atoms with Gasteiger partial charge in [-0.25, -0.2) is 9.97 Å². The molecule has 2 N–H and O–H groups in total. The van der Waals surface area contributed by atoms with E-state index in [0.717, 1.165) is 24.0 Å². The highest BCUT2D eigenvalue weighted by molar-refractivity contribution is 5.32. The molecule has 2 unspecified atom stereocenters. The van der Waals surface area contributed by atoms with Crippen LogP contribution >= 0.6 is 0 Å². The molecule has 1 saturated heterocycles. The molecule has 17 heavy (non-hydrogen) atoms. The first-order valence-corrected chi connectivity index (χ1v) is 6.50. The maximum absolute atomic E-state index is 5.88. The summed E-state index contributed by atoms with van der Waals surface area (Å²) in [5.74, 6) is 1.64. The standard InChI is InChI=1S/C13H22N4/c1-3-11-4-5-17(12(6-11)7-14)13-15-8-10(2)9-16-13/h8-9,11-12H,3-7,14H2,1-2H3. The fourth-order valence-corrected chi connectivity index (χ4v) is 2.53. The molecule has 1 aliphatic heterocycles. The Morgan fingerprint density at radius 2 is 2.12 bits per heavy atom. The van der Waals surface area contributed by atoms with Crippen molar-refractivity contribution in [1.29, 1.82) is 0 Å². The van der Waals surface area contributed by atoms with Crippen LogP contribution in [0.1, 0.15) is 31.7 Å². The van der Waals surface area contributed by atoms with E-state index in [-0.39, 0.29) is 0 Å². The van der Waals surface area contributed by atoms with Gasteiger partial charge in [0.2, 0.25) is 5.95 Å². The van der Waals surface area contributed by atoms with Crippen molar-refractivity contribution in [1.82, 2.24) is 9.97 Å². The molecular formula is C13H22N4. The van der Waals surface area contributed by atoms with Crippen LogP contribution in [0.15, 0.2) is 12.4 Å². The van der Waals surface area contributed by atoms with Crippen molar-refractivity contribution >= 4 is 5.95 Å². The van der Waals surface area contributed by atoms with E-state index in [1.807, 2.05) is 19.3 Å². The van der Waals surface area contributed by atoms with E-state index in [1.54, 1.807) is 0 Å². The SMILES string of the molecule is CCC1CCN(c2ncc(C)cn2)C(CN)C1. The topological polar surface area (TPSA) is 55.0 Å². The summed E-state index contributed by atoms with van der Waals surface area (Å²) in [5.41, 5.74) is 6.98. The molecule has 0 amide bonds. The number of aromatic nitrogens is 2. The van der Waals surface area contributed by atoms with E-state index < -0.39 is 0 Å². The lowest BCUT2D eigenvalue weighted by Crippen LogP contribution is -2.47. The maximum atomic E-state index is 5.88. The van der Waals surface area contributed by atoms with E-state index >= 15 is 0 Å². The molecule has 1 fully saturated rings. The number of hydrogen-bond acceptors (Lipinski definition) is 4. The maximum Gasteiger partial charge on any atom is 0.225 e. The molecule has 2 rings (SSSR count). The van der Waals surface area contributed by atoms with Gasteiger partial charge in [0.05, 0.1) is 0 Å². The summed E-state index contributed by atoms with van der Waals surface area (Å²) >= 11 is 0. The van der Waals surface area contributed by atoms with Crippen molar-refractivity contribution < 1.29 is 0 Å². The molecule has 1 aromatic rings. The lowest BCUT2D eigenvalue weighted by Gasteiger charge is -2.38. The molecule has 4 heteroatoms. The first kappa shape index (κ1) is 12.3. The van der Waals surface area contributed by atoms with E-state index in [4.69, 9.17) is 5.73 Å². The second-order valence-corrected chi connectivity index (χ2v) is 4.94. The fourth-order valence-electron chi connectivity index (χ4n) is 2.53. The van der Waals surface area contributed by atoms with Crippen LogP contribution in [-0.4, -0.2) is 29.1 Å². The minimum atomic E-state index is 0.399. The average molecular weight is 234 g/mol. The normalized spacial score (nSPS) is 25.0. The zero-order valence-electron chi connectivity index (χ0n) is 10.8. The van der Waals surface area contributed by atoms with Crippen LogP contribution in [0.4, 0.5) is 5.95 Å².